The van der Waals surface area contributed by atoms with Crippen molar-refractivity contribution in [1.82, 2.24) is 0 Å². The quantitative estimate of drug-likeness (QED) is 0.0531. The number of rotatable bonds is 16. The minimum Gasteiger partial charge on any atom is -0.504 e. The molecule has 0 radical (unpaired) electrons. The van der Waals surface area contributed by atoms with Gasteiger partial charge in [-0.1, -0.05) is 107 Å². The van der Waals surface area contributed by atoms with Gasteiger partial charge in [0, 0.05) is 32.3 Å². The number of aldehydes is 4. The molecule has 0 heterocycles. The lowest BCUT2D eigenvalue weighted by molar-refractivity contribution is 0.111. The molecule has 0 fully saturated rings. The highest BCUT2D eigenvalue weighted by Gasteiger charge is 2.10. The third kappa shape index (κ3) is 18.1. The molecule has 8 aromatic carbocycles. The molecule has 0 aliphatic carbocycles. The van der Waals surface area contributed by atoms with E-state index >= 15 is 0 Å². The van der Waals surface area contributed by atoms with Crippen LogP contribution in [0.25, 0.3) is 0 Å². The zero-order chi connectivity index (χ0) is 51.8. The summed E-state index contributed by atoms with van der Waals surface area (Å²) in [5.41, 5.74) is 8.17. The van der Waals surface area contributed by atoms with Crippen molar-refractivity contribution < 1.29 is 58.6 Å². The van der Waals surface area contributed by atoms with Gasteiger partial charge in [-0.05, 0) is 133 Å². The predicted molar refractivity (Wildman–Crippen MR) is 277 cm³/mol. The fourth-order valence-electron chi connectivity index (χ4n) is 6.07. The second-order valence-electron chi connectivity index (χ2n) is 15.8. The van der Waals surface area contributed by atoms with Gasteiger partial charge in [0.25, 0.3) is 0 Å². The smallest absolute Gasteiger partial charge is 0.162 e. The second-order valence-corrected chi connectivity index (χ2v) is 16.6. The molecule has 0 atom stereocenters. The molecule has 0 saturated heterocycles. The van der Waals surface area contributed by atoms with Crippen LogP contribution in [-0.4, -0.2) is 45.6 Å². The number of carbonyl (C=O) groups excluding carboxylic acids is 4. The van der Waals surface area contributed by atoms with Gasteiger partial charge in [-0.25, -0.2) is 0 Å². The van der Waals surface area contributed by atoms with E-state index in [0.717, 1.165) is 28.5 Å². The number of benzene rings is 8. The second kappa shape index (κ2) is 28.2. The Morgan fingerprint density at radius 2 is 0.653 bits per heavy atom. The van der Waals surface area contributed by atoms with Crippen molar-refractivity contribution in [3.8, 4) is 46.0 Å². The largest absolute Gasteiger partial charge is 0.504 e. The van der Waals surface area contributed by atoms with E-state index in [9.17, 15) is 29.4 Å². The van der Waals surface area contributed by atoms with E-state index in [-0.39, 0.29) is 28.7 Å². The summed E-state index contributed by atoms with van der Waals surface area (Å²) in [6.07, 6.45) is 2.77. The molecule has 0 aliphatic rings. The van der Waals surface area contributed by atoms with Crippen molar-refractivity contribution in [3.63, 3.8) is 0 Å². The van der Waals surface area contributed by atoms with Crippen LogP contribution in [-0.2, 0) is 26.4 Å². The van der Waals surface area contributed by atoms with Crippen molar-refractivity contribution in [1.29, 1.82) is 0 Å². The highest BCUT2D eigenvalue weighted by Crippen LogP contribution is 2.31. The van der Waals surface area contributed by atoms with E-state index in [0.29, 0.717) is 94.8 Å². The number of hydrogen-bond acceptors (Lipinski definition) is 12. The summed E-state index contributed by atoms with van der Waals surface area (Å²) in [5.74, 6) is 1.30. The topological polar surface area (TPSA) is 186 Å². The maximum Gasteiger partial charge on any atom is 0.162 e. The van der Waals surface area contributed by atoms with E-state index in [4.69, 9.17) is 52.4 Å². The monoisotopic (exact) mass is 1010 g/mol. The number of halogens is 2. The molecule has 0 aromatic heterocycles. The molecule has 0 unspecified atom stereocenters. The van der Waals surface area contributed by atoms with Crippen LogP contribution in [0.4, 0.5) is 0 Å². The Morgan fingerprint density at radius 1 is 0.333 bits per heavy atom. The average Bonchev–Trinajstić information content (AvgIpc) is 3.40. The fourth-order valence-corrected chi connectivity index (χ4v) is 6.32. The van der Waals surface area contributed by atoms with Gasteiger partial charge in [-0.3, -0.25) is 19.2 Å². The molecule has 8 aromatic rings. The first-order valence-electron chi connectivity index (χ1n) is 22.0. The van der Waals surface area contributed by atoms with Gasteiger partial charge in [-0.15, -0.1) is 0 Å². The summed E-state index contributed by atoms with van der Waals surface area (Å²) in [6, 6.07) is 48.9. The Balaban J connectivity index is 0.000000187. The minimum atomic E-state index is -0.274. The molecular formula is C58H50Cl2O12. The predicted octanol–water partition coefficient (Wildman–Crippen LogP) is 13.1. The van der Waals surface area contributed by atoms with E-state index in [1.54, 1.807) is 42.5 Å². The summed E-state index contributed by atoms with van der Waals surface area (Å²) in [5, 5.41) is 38.2. The molecule has 0 aliphatic heterocycles. The molecule has 12 nitrogen and oxygen atoms in total. The normalized spacial score (nSPS) is 10.1. The van der Waals surface area contributed by atoms with Crippen molar-refractivity contribution in [3.05, 3.63) is 236 Å². The Hall–Kier alpha value is -8.58. The first-order chi connectivity index (χ1) is 34.7. The molecule has 8 rings (SSSR count). The van der Waals surface area contributed by atoms with E-state index in [1.807, 2.05) is 98.8 Å². The SMILES string of the molecule is Cc1ccc(COc2ccc(C=O)cc2O)cc1.Cc1ccc(COc2ccc(C=O)cc2OCc2ccc(Cl)cc2)cc1.O=Cc1ccc(O)c(O)c1.O=Cc1ccc(O)c(OCc2ccc(Cl)cc2)c1. The number of ether oxygens (including phenoxy) is 4. The Labute approximate surface area is 426 Å². The van der Waals surface area contributed by atoms with Gasteiger partial charge in [0.2, 0.25) is 0 Å². The molecular weight excluding hydrogens is 960 g/mol. The van der Waals surface area contributed by atoms with Crippen LogP contribution >= 0.6 is 23.2 Å². The van der Waals surface area contributed by atoms with Gasteiger partial charge in [0.15, 0.2) is 46.0 Å². The zero-order valence-corrected chi connectivity index (χ0v) is 40.6. The Bertz CT molecular complexity index is 3010. The molecule has 0 bridgehead atoms. The van der Waals surface area contributed by atoms with Gasteiger partial charge >= 0.3 is 0 Å². The summed E-state index contributed by atoms with van der Waals surface area (Å²) in [4.78, 5) is 42.3. The number of hydrogen-bond donors (Lipinski definition) is 4. The zero-order valence-electron chi connectivity index (χ0n) is 39.1. The van der Waals surface area contributed by atoms with Gasteiger partial charge < -0.3 is 39.4 Å². The van der Waals surface area contributed by atoms with Gasteiger partial charge in [0.05, 0.1) is 0 Å². The highest BCUT2D eigenvalue weighted by molar-refractivity contribution is 6.30. The molecule has 368 valence electrons. The first kappa shape index (κ1) is 54.4. The molecule has 14 heteroatoms. The maximum absolute atomic E-state index is 11.1. The van der Waals surface area contributed by atoms with Gasteiger partial charge in [0.1, 0.15) is 51.6 Å². The van der Waals surface area contributed by atoms with Crippen LogP contribution < -0.4 is 18.9 Å². The van der Waals surface area contributed by atoms with Crippen molar-refractivity contribution in [2.45, 2.75) is 40.3 Å². The third-order valence-electron chi connectivity index (χ3n) is 10.1. The molecule has 0 saturated carbocycles. The lowest BCUT2D eigenvalue weighted by Crippen LogP contribution is -2.01. The fraction of sp³-hybridized carbons (Fsp3) is 0.103. The van der Waals surface area contributed by atoms with Crippen LogP contribution in [0.1, 0.15) is 74.8 Å². The Kier molecular flexibility index (Phi) is 21.3. The highest BCUT2D eigenvalue weighted by atomic mass is 35.5. The summed E-state index contributed by atoms with van der Waals surface area (Å²) in [7, 11) is 0. The van der Waals surface area contributed by atoms with Crippen molar-refractivity contribution in [2.75, 3.05) is 0 Å². The number of aryl methyl sites for hydroxylation is 2. The van der Waals surface area contributed by atoms with Crippen molar-refractivity contribution >= 4 is 48.3 Å². The van der Waals surface area contributed by atoms with Crippen LogP contribution in [0.2, 0.25) is 10.0 Å². The molecule has 4 N–H and O–H groups in total. The standard InChI is InChI=1S/C22H19ClO3.C15H14O3.C14H11ClO3.C7H6O3/c1-16-2-4-17(5-3-16)14-25-21-11-8-19(13-24)12-22(21)26-15-18-6-9-20(23)10-7-18;1-11-2-4-12(5-3-11)10-18-15-7-6-13(9-16)8-14(15)17;15-12-4-1-10(2-5-12)9-18-14-7-11(8-16)3-6-13(14)17;8-4-5-1-2-6(9)7(10)3-5/h2-13H,14-15H2,1H3;2-9,17H,10H2,1H3;1-8,17H,9H2;1-4,9-10H. The molecule has 0 spiro atoms. The summed E-state index contributed by atoms with van der Waals surface area (Å²) in [6.45, 7) is 5.54. The minimum absolute atomic E-state index is 0.00886. The maximum atomic E-state index is 11.1. The van der Waals surface area contributed by atoms with E-state index in [1.165, 1.54) is 53.6 Å². The number of phenolic OH excluding ortho intramolecular Hbond substituents is 4. The van der Waals surface area contributed by atoms with Crippen LogP contribution in [0.3, 0.4) is 0 Å². The Morgan fingerprint density at radius 3 is 1.07 bits per heavy atom. The average molecular weight is 1010 g/mol. The van der Waals surface area contributed by atoms with Crippen LogP contribution in [0, 0.1) is 13.8 Å². The summed E-state index contributed by atoms with van der Waals surface area (Å²) >= 11 is 11.7. The van der Waals surface area contributed by atoms with E-state index in [2.05, 4.69) is 0 Å². The molecule has 72 heavy (non-hydrogen) atoms. The number of phenols is 4. The molecule has 0 amide bonds. The first-order valence-corrected chi connectivity index (χ1v) is 22.7. The lowest BCUT2D eigenvalue weighted by Gasteiger charge is -2.14. The van der Waals surface area contributed by atoms with Crippen LogP contribution in [0.15, 0.2) is 170 Å². The third-order valence-corrected chi connectivity index (χ3v) is 10.6. The lowest BCUT2D eigenvalue weighted by atomic mass is 10.1. The van der Waals surface area contributed by atoms with Crippen molar-refractivity contribution in [2.24, 2.45) is 0 Å². The van der Waals surface area contributed by atoms with Gasteiger partial charge in [-0.2, -0.15) is 0 Å². The number of aromatic hydroxyl groups is 4. The number of carbonyl (C=O) groups is 4. The van der Waals surface area contributed by atoms with Crippen LogP contribution in [0.5, 0.6) is 46.0 Å². The van der Waals surface area contributed by atoms with E-state index < -0.39 is 0 Å². The summed E-state index contributed by atoms with van der Waals surface area (Å²) < 4.78 is 22.7.